The van der Waals surface area contributed by atoms with Crippen LogP contribution in [0.1, 0.15) is 16.7 Å². The maximum Gasteiger partial charge on any atom is 0.416 e. The SMILES string of the molecule is FC(F)(F)c1cc(Cl)c2c(c1)CCO2.N=C(N)c1ccccc1. The van der Waals surface area contributed by atoms with Gasteiger partial charge in [0.25, 0.3) is 0 Å². The van der Waals surface area contributed by atoms with Crippen LogP contribution in [0.5, 0.6) is 5.75 Å². The molecule has 23 heavy (non-hydrogen) atoms. The highest BCUT2D eigenvalue weighted by Crippen LogP contribution is 2.39. The van der Waals surface area contributed by atoms with Crippen molar-refractivity contribution >= 4 is 17.4 Å². The summed E-state index contributed by atoms with van der Waals surface area (Å²) in [7, 11) is 0. The van der Waals surface area contributed by atoms with Crippen LogP contribution >= 0.6 is 11.6 Å². The third kappa shape index (κ3) is 4.39. The van der Waals surface area contributed by atoms with Gasteiger partial charge in [0.05, 0.1) is 17.2 Å². The molecule has 2 aromatic rings. The van der Waals surface area contributed by atoms with E-state index in [9.17, 15) is 13.2 Å². The molecule has 0 fully saturated rings. The molecule has 1 aliphatic heterocycles. The summed E-state index contributed by atoms with van der Waals surface area (Å²) in [5.74, 6) is 0.510. The van der Waals surface area contributed by atoms with Crippen molar-refractivity contribution in [3.05, 3.63) is 64.2 Å². The number of nitrogens with one attached hydrogen (secondary N) is 1. The number of ether oxygens (including phenoxy) is 1. The number of rotatable bonds is 1. The Morgan fingerprint density at radius 1 is 1.17 bits per heavy atom. The van der Waals surface area contributed by atoms with Crippen LogP contribution in [0.3, 0.4) is 0 Å². The van der Waals surface area contributed by atoms with Crippen molar-refractivity contribution < 1.29 is 17.9 Å². The molecule has 0 aromatic heterocycles. The molecule has 0 unspecified atom stereocenters. The zero-order valence-corrected chi connectivity index (χ0v) is 12.7. The van der Waals surface area contributed by atoms with Gasteiger partial charge < -0.3 is 10.5 Å². The van der Waals surface area contributed by atoms with E-state index >= 15 is 0 Å². The monoisotopic (exact) mass is 342 g/mol. The smallest absolute Gasteiger partial charge is 0.416 e. The van der Waals surface area contributed by atoms with Crippen molar-refractivity contribution in [3.63, 3.8) is 0 Å². The largest absolute Gasteiger partial charge is 0.491 e. The molecule has 1 heterocycles. The van der Waals surface area contributed by atoms with Crippen LogP contribution in [0, 0.1) is 5.41 Å². The van der Waals surface area contributed by atoms with E-state index in [-0.39, 0.29) is 10.9 Å². The molecule has 0 aliphatic carbocycles. The van der Waals surface area contributed by atoms with Gasteiger partial charge in [-0.15, -0.1) is 0 Å². The molecule has 2 aromatic carbocycles. The Hall–Kier alpha value is -2.21. The van der Waals surface area contributed by atoms with E-state index in [2.05, 4.69) is 0 Å². The Balaban J connectivity index is 0.000000185. The summed E-state index contributed by atoms with van der Waals surface area (Å²) in [4.78, 5) is 0. The number of hydrogen-bond acceptors (Lipinski definition) is 2. The lowest BCUT2D eigenvalue weighted by atomic mass is 10.1. The lowest BCUT2D eigenvalue weighted by Gasteiger charge is -2.09. The van der Waals surface area contributed by atoms with Gasteiger partial charge in [0, 0.05) is 12.0 Å². The fraction of sp³-hybridized carbons (Fsp3) is 0.188. The highest BCUT2D eigenvalue weighted by molar-refractivity contribution is 6.32. The van der Waals surface area contributed by atoms with Crippen molar-refractivity contribution in [3.8, 4) is 5.75 Å². The zero-order chi connectivity index (χ0) is 17.0. The standard InChI is InChI=1S/C9H6ClF3O.C7H8N2/c10-7-4-6(9(11,12)13)3-5-1-2-14-8(5)7;8-7(9)6-4-2-1-3-5-6/h3-4H,1-2H2;1-5H,(H3,8,9). The number of fused-ring (bicyclic) bond motifs is 1. The molecule has 0 amide bonds. The second kappa shape index (κ2) is 6.91. The lowest BCUT2D eigenvalue weighted by Crippen LogP contribution is -2.10. The molecule has 0 atom stereocenters. The number of halogens is 4. The number of nitrogens with two attached hydrogens (primary N) is 1. The minimum atomic E-state index is -4.35. The van der Waals surface area contributed by atoms with E-state index in [1.54, 1.807) is 0 Å². The highest BCUT2D eigenvalue weighted by Gasteiger charge is 2.33. The minimum absolute atomic E-state index is 0.0346. The fourth-order valence-corrected chi connectivity index (χ4v) is 2.34. The number of benzene rings is 2. The van der Waals surface area contributed by atoms with E-state index in [0.717, 1.165) is 17.7 Å². The van der Waals surface area contributed by atoms with Crippen LogP contribution in [-0.2, 0) is 12.6 Å². The van der Waals surface area contributed by atoms with Gasteiger partial charge in [0.2, 0.25) is 0 Å². The third-order valence-corrected chi connectivity index (χ3v) is 3.43. The van der Waals surface area contributed by atoms with Gasteiger partial charge in [-0.2, -0.15) is 13.2 Å². The topological polar surface area (TPSA) is 59.1 Å². The maximum absolute atomic E-state index is 12.3. The second-order valence-electron chi connectivity index (χ2n) is 4.82. The summed E-state index contributed by atoms with van der Waals surface area (Å²) < 4.78 is 42.1. The van der Waals surface area contributed by atoms with E-state index < -0.39 is 11.7 Å². The molecule has 1 aliphatic rings. The molecule has 0 spiro atoms. The number of nitrogen functional groups attached to an aromatic ring is 1. The molecule has 122 valence electrons. The predicted molar refractivity (Wildman–Crippen MR) is 83.1 cm³/mol. The summed E-state index contributed by atoms with van der Waals surface area (Å²) in [5, 5.41) is 7.05. The van der Waals surface area contributed by atoms with Crippen LogP contribution in [0.4, 0.5) is 13.2 Å². The summed E-state index contributed by atoms with van der Waals surface area (Å²) in [6, 6.07) is 11.2. The van der Waals surface area contributed by atoms with Crippen molar-refractivity contribution in [1.29, 1.82) is 5.41 Å². The Morgan fingerprint density at radius 2 is 1.83 bits per heavy atom. The second-order valence-corrected chi connectivity index (χ2v) is 5.23. The van der Waals surface area contributed by atoms with Gasteiger partial charge >= 0.3 is 6.18 Å². The average Bonchev–Trinajstić information content (AvgIpc) is 2.97. The first-order chi connectivity index (χ1) is 10.8. The van der Waals surface area contributed by atoms with Crippen LogP contribution in [0.25, 0.3) is 0 Å². The Bertz CT molecular complexity index is 702. The van der Waals surface area contributed by atoms with Gasteiger partial charge in [0.15, 0.2) is 0 Å². The Kier molecular flexibility index (Phi) is 5.15. The third-order valence-electron chi connectivity index (χ3n) is 3.15. The molecule has 3 rings (SSSR count). The molecule has 0 saturated heterocycles. The molecular formula is C16H14ClF3N2O. The van der Waals surface area contributed by atoms with E-state index in [1.165, 1.54) is 0 Å². The summed E-state index contributed by atoms with van der Waals surface area (Å²) >= 11 is 5.66. The quantitative estimate of drug-likeness (QED) is 0.600. The zero-order valence-electron chi connectivity index (χ0n) is 12.0. The highest BCUT2D eigenvalue weighted by atomic mass is 35.5. The Labute approximate surface area is 136 Å². The number of amidine groups is 1. The van der Waals surface area contributed by atoms with Crippen LogP contribution < -0.4 is 10.5 Å². The van der Waals surface area contributed by atoms with Gasteiger partial charge in [-0.05, 0) is 17.7 Å². The Morgan fingerprint density at radius 3 is 2.35 bits per heavy atom. The first-order valence-corrected chi connectivity index (χ1v) is 7.08. The predicted octanol–water partition coefficient (Wildman–Crippen LogP) is 4.26. The molecule has 0 bridgehead atoms. The van der Waals surface area contributed by atoms with Crippen molar-refractivity contribution in [2.75, 3.05) is 6.61 Å². The molecule has 3 N–H and O–H groups in total. The van der Waals surface area contributed by atoms with Crippen LogP contribution in [0.15, 0.2) is 42.5 Å². The molecule has 0 saturated carbocycles. The normalized spacial score (nSPS) is 12.7. The summed E-state index contributed by atoms with van der Waals surface area (Å²) in [5.41, 5.74) is 5.79. The molecule has 0 radical (unpaired) electrons. The lowest BCUT2D eigenvalue weighted by molar-refractivity contribution is -0.137. The number of alkyl halides is 3. The van der Waals surface area contributed by atoms with Gasteiger partial charge in [0.1, 0.15) is 11.6 Å². The average molecular weight is 343 g/mol. The van der Waals surface area contributed by atoms with Crippen LogP contribution in [0.2, 0.25) is 5.02 Å². The van der Waals surface area contributed by atoms with E-state index in [4.69, 9.17) is 27.5 Å². The van der Waals surface area contributed by atoms with Gasteiger partial charge in [-0.25, -0.2) is 0 Å². The summed E-state index contributed by atoms with van der Waals surface area (Å²) in [6.07, 6.45) is -3.86. The summed E-state index contributed by atoms with van der Waals surface area (Å²) in [6.45, 7) is 0.399. The van der Waals surface area contributed by atoms with Crippen molar-refractivity contribution in [1.82, 2.24) is 0 Å². The number of hydrogen-bond donors (Lipinski definition) is 2. The van der Waals surface area contributed by atoms with Crippen molar-refractivity contribution in [2.45, 2.75) is 12.6 Å². The first-order valence-electron chi connectivity index (χ1n) is 6.71. The van der Waals surface area contributed by atoms with Gasteiger partial charge in [-0.1, -0.05) is 41.9 Å². The molecule has 7 heteroatoms. The van der Waals surface area contributed by atoms with Crippen LogP contribution in [-0.4, -0.2) is 12.4 Å². The van der Waals surface area contributed by atoms with Crippen molar-refractivity contribution in [2.24, 2.45) is 5.73 Å². The van der Waals surface area contributed by atoms with E-state index in [0.29, 0.717) is 24.3 Å². The van der Waals surface area contributed by atoms with Gasteiger partial charge in [-0.3, -0.25) is 5.41 Å². The first kappa shape index (κ1) is 17.1. The van der Waals surface area contributed by atoms with E-state index in [1.807, 2.05) is 30.3 Å². The molecular weight excluding hydrogens is 329 g/mol. The minimum Gasteiger partial charge on any atom is -0.491 e. The fourth-order valence-electron chi connectivity index (χ4n) is 2.04. The molecule has 3 nitrogen and oxygen atoms in total. The maximum atomic E-state index is 12.3.